The Labute approximate surface area is 147 Å². The summed E-state index contributed by atoms with van der Waals surface area (Å²) in [4.78, 5) is 23.7. The fourth-order valence-electron chi connectivity index (χ4n) is 2.70. The number of aromatic nitrogens is 1. The maximum atomic E-state index is 12.4. The van der Waals surface area contributed by atoms with Crippen LogP contribution in [0.5, 0.6) is 0 Å². The molecule has 0 bridgehead atoms. The molecule has 0 saturated heterocycles. The van der Waals surface area contributed by atoms with Crippen molar-refractivity contribution in [1.82, 2.24) is 9.88 Å². The average molecular weight is 359 g/mol. The first-order valence-corrected chi connectivity index (χ1v) is 8.59. The molecule has 0 fully saturated rings. The van der Waals surface area contributed by atoms with Crippen molar-refractivity contribution >= 4 is 33.8 Å². The van der Waals surface area contributed by atoms with Crippen LogP contribution in [0.4, 0.5) is 5.69 Å². The van der Waals surface area contributed by atoms with Crippen LogP contribution >= 0.6 is 11.3 Å². The molecule has 3 aromatic rings. The highest BCUT2D eigenvalue weighted by atomic mass is 32.1. The zero-order valence-corrected chi connectivity index (χ0v) is 14.3. The Balaban J connectivity index is 1.69. The number of thiophene rings is 1. The van der Waals surface area contributed by atoms with Crippen molar-refractivity contribution in [3.8, 4) is 0 Å². The van der Waals surface area contributed by atoms with Gasteiger partial charge in [-0.15, -0.1) is 11.3 Å². The third-order valence-corrected chi connectivity index (χ3v) is 5.02. The Morgan fingerprint density at radius 2 is 2.20 bits per heavy atom. The van der Waals surface area contributed by atoms with E-state index in [9.17, 15) is 20.0 Å². The van der Waals surface area contributed by atoms with E-state index in [1.165, 1.54) is 23.5 Å². The molecule has 8 heteroatoms. The van der Waals surface area contributed by atoms with E-state index in [-0.39, 0.29) is 11.6 Å². The molecule has 7 nitrogen and oxygen atoms in total. The van der Waals surface area contributed by atoms with Crippen molar-refractivity contribution < 1.29 is 14.8 Å². The van der Waals surface area contributed by atoms with Gasteiger partial charge in [-0.05, 0) is 30.0 Å². The van der Waals surface area contributed by atoms with Gasteiger partial charge in [-0.3, -0.25) is 14.9 Å². The van der Waals surface area contributed by atoms with Crippen molar-refractivity contribution in [1.29, 1.82) is 0 Å². The van der Waals surface area contributed by atoms with E-state index in [0.717, 1.165) is 10.4 Å². The number of amides is 1. The van der Waals surface area contributed by atoms with Crippen molar-refractivity contribution in [3.05, 3.63) is 62.5 Å². The summed E-state index contributed by atoms with van der Waals surface area (Å²) in [5.74, 6) is -0.278. The van der Waals surface area contributed by atoms with Gasteiger partial charge in [-0.25, -0.2) is 0 Å². The van der Waals surface area contributed by atoms with Crippen molar-refractivity contribution in [2.45, 2.75) is 12.5 Å². The SMILES string of the molecule is Cn1c(C(=O)NCCC(O)c2cccs2)cc2cc([N+](=O)[O-])ccc21. The number of benzene rings is 1. The second-order valence-electron chi connectivity index (χ2n) is 5.66. The summed E-state index contributed by atoms with van der Waals surface area (Å²) >= 11 is 1.47. The van der Waals surface area contributed by atoms with Crippen LogP contribution in [0.3, 0.4) is 0 Å². The van der Waals surface area contributed by atoms with E-state index in [1.54, 1.807) is 23.7 Å². The van der Waals surface area contributed by atoms with E-state index in [2.05, 4.69) is 5.32 Å². The molecular formula is C17H17N3O4S. The number of fused-ring (bicyclic) bond motifs is 1. The Morgan fingerprint density at radius 3 is 2.88 bits per heavy atom. The third kappa shape index (κ3) is 3.54. The average Bonchev–Trinajstić information content (AvgIpc) is 3.23. The summed E-state index contributed by atoms with van der Waals surface area (Å²) < 4.78 is 1.70. The van der Waals surface area contributed by atoms with E-state index >= 15 is 0 Å². The van der Waals surface area contributed by atoms with E-state index in [1.807, 2.05) is 17.5 Å². The molecule has 1 amide bonds. The monoisotopic (exact) mass is 359 g/mol. The van der Waals surface area contributed by atoms with Gasteiger partial charge in [0.2, 0.25) is 0 Å². The Hall–Kier alpha value is -2.71. The Bertz CT molecular complexity index is 918. The fourth-order valence-corrected chi connectivity index (χ4v) is 3.45. The highest BCUT2D eigenvalue weighted by Crippen LogP contribution is 2.24. The van der Waals surface area contributed by atoms with E-state index in [4.69, 9.17) is 0 Å². The Morgan fingerprint density at radius 1 is 1.40 bits per heavy atom. The van der Waals surface area contributed by atoms with Gasteiger partial charge in [-0.1, -0.05) is 6.07 Å². The van der Waals surface area contributed by atoms with E-state index in [0.29, 0.717) is 24.0 Å². The number of rotatable bonds is 6. The minimum absolute atomic E-state index is 0.0101. The van der Waals surface area contributed by atoms with Crippen LogP contribution in [0.1, 0.15) is 27.9 Å². The first-order chi connectivity index (χ1) is 12.0. The number of non-ortho nitro benzene ring substituents is 1. The molecule has 0 aliphatic carbocycles. The van der Waals surface area contributed by atoms with Crippen LogP contribution < -0.4 is 5.32 Å². The zero-order valence-electron chi connectivity index (χ0n) is 13.5. The molecule has 0 spiro atoms. The zero-order chi connectivity index (χ0) is 18.0. The summed E-state index contributed by atoms with van der Waals surface area (Å²) in [6.07, 6.45) is -0.183. The summed E-state index contributed by atoms with van der Waals surface area (Å²) in [7, 11) is 1.74. The van der Waals surface area contributed by atoms with Gasteiger partial charge in [0.15, 0.2) is 0 Å². The molecule has 1 unspecified atom stereocenters. The minimum atomic E-state index is -0.601. The van der Waals surface area contributed by atoms with E-state index < -0.39 is 11.0 Å². The number of nitrogens with one attached hydrogen (secondary N) is 1. The van der Waals surface area contributed by atoms with Crippen LogP contribution in [-0.4, -0.2) is 27.0 Å². The number of hydrogen-bond acceptors (Lipinski definition) is 5. The van der Waals surface area contributed by atoms with Gasteiger partial charge in [0.25, 0.3) is 11.6 Å². The normalized spacial score (nSPS) is 12.2. The maximum Gasteiger partial charge on any atom is 0.270 e. The first-order valence-electron chi connectivity index (χ1n) is 7.71. The van der Waals surface area contributed by atoms with Gasteiger partial charge in [0.05, 0.1) is 11.0 Å². The van der Waals surface area contributed by atoms with Gasteiger partial charge in [0.1, 0.15) is 5.69 Å². The maximum absolute atomic E-state index is 12.4. The number of hydrogen-bond donors (Lipinski definition) is 2. The lowest BCUT2D eigenvalue weighted by atomic mass is 10.2. The van der Waals surface area contributed by atoms with Crippen LogP contribution in [0.25, 0.3) is 10.9 Å². The molecule has 2 aromatic heterocycles. The van der Waals surface area contributed by atoms with Crippen molar-refractivity contribution in [3.63, 3.8) is 0 Å². The lowest BCUT2D eigenvalue weighted by molar-refractivity contribution is -0.384. The molecule has 130 valence electrons. The Kier molecular flexibility index (Phi) is 4.82. The lowest BCUT2D eigenvalue weighted by Crippen LogP contribution is -2.27. The second kappa shape index (κ2) is 7.04. The first kappa shape index (κ1) is 17.1. The molecule has 3 rings (SSSR count). The second-order valence-corrected chi connectivity index (χ2v) is 6.64. The molecule has 0 aliphatic heterocycles. The quantitative estimate of drug-likeness (QED) is 0.522. The smallest absolute Gasteiger partial charge is 0.270 e. The number of aliphatic hydroxyl groups is 1. The molecule has 0 radical (unpaired) electrons. The third-order valence-electron chi connectivity index (χ3n) is 4.04. The number of nitro benzene ring substituents is 1. The standard InChI is InChI=1S/C17H17N3O4S/c1-19-13-5-4-12(20(23)24)9-11(13)10-14(19)17(22)18-7-6-15(21)16-3-2-8-25-16/h2-5,8-10,15,21H,6-7H2,1H3,(H,18,22). The predicted molar refractivity (Wildman–Crippen MR) is 95.8 cm³/mol. The van der Waals surface area contributed by atoms with Crippen LogP contribution in [0.2, 0.25) is 0 Å². The largest absolute Gasteiger partial charge is 0.388 e. The van der Waals surface area contributed by atoms with Crippen molar-refractivity contribution in [2.75, 3.05) is 6.54 Å². The number of aryl methyl sites for hydroxylation is 1. The van der Waals surface area contributed by atoms with Gasteiger partial charge in [0, 0.05) is 41.5 Å². The van der Waals surface area contributed by atoms with Gasteiger partial charge in [-0.2, -0.15) is 0 Å². The van der Waals surface area contributed by atoms with Crippen LogP contribution in [0.15, 0.2) is 41.8 Å². The molecule has 1 aromatic carbocycles. The number of carbonyl (C=O) groups excluding carboxylic acids is 1. The molecule has 1 atom stereocenters. The van der Waals surface area contributed by atoms with Gasteiger partial charge < -0.3 is 15.0 Å². The number of nitro groups is 1. The highest BCUT2D eigenvalue weighted by Gasteiger charge is 2.16. The molecule has 0 saturated carbocycles. The highest BCUT2D eigenvalue weighted by molar-refractivity contribution is 7.10. The molecule has 0 aliphatic rings. The molecule has 2 heterocycles. The molecule has 25 heavy (non-hydrogen) atoms. The lowest BCUT2D eigenvalue weighted by Gasteiger charge is -2.10. The predicted octanol–water partition coefficient (Wildman–Crippen LogP) is 3.00. The van der Waals surface area contributed by atoms with Crippen LogP contribution in [-0.2, 0) is 7.05 Å². The van der Waals surface area contributed by atoms with Crippen molar-refractivity contribution in [2.24, 2.45) is 7.05 Å². The summed E-state index contributed by atoms with van der Waals surface area (Å²) in [5.41, 5.74) is 1.15. The summed E-state index contributed by atoms with van der Waals surface area (Å²) in [5, 5.41) is 26.2. The van der Waals surface area contributed by atoms with Gasteiger partial charge >= 0.3 is 0 Å². The summed E-state index contributed by atoms with van der Waals surface area (Å²) in [6.45, 7) is 0.333. The number of aliphatic hydroxyl groups excluding tert-OH is 1. The number of nitrogens with zero attached hydrogens (tertiary/aromatic N) is 2. The fraction of sp³-hybridized carbons (Fsp3) is 0.235. The minimum Gasteiger partial charge on any atom is -0.388 e. The number of carbonyl (C=O) groups is 1. The summed E-state index contributed by atoms with van der Waals surface area (Å²) in [6, 6.07) is 9.86. The van der Waals surface area contributed by atoms with Crippen LogP contribution in [0, 0.1) is 10.1 Å². The topological polar surface area (TPSA) is 97.4 Å². The molecule has 2 N–H and O–H groups in total. The molecular weight excluding hydrogens is 342 g/mol.